The third-order valence-electron chi connectivity index (χ3n) is 15.3. The van der Waals surface area contributed by atoms with E-state index in [1.165, 1.54) is 186 Å². The molecule has 0 saturated carbocycles. The number of carbonyl (C=O) groups excluding carboxylic acids is 2. The fourth-order valence-electron chi connectivity index (χ4n) is 10.1. The minimum absolute atomic E-state index is 0.00486. The number of unbranched alkanes of at least 4 members (excludes halogenated alkanes) is 34. The molecule has 1 heterocycles. The molecule has 1 aliphatic rings. The number of aliphatic hydroxyl groups is 5. The van der Waals surface area contributed by atoms with Crippen molar-refractivity contribution in [2.45, 2.75) is 333 Å². The standard InChI is InChI=1S/C69H123NO10/c1-3-5-7-9-11-13-14-15-16-27-31-34-37-41-45-49-53-57-65(74)78-58-54-50-46-42-38-35-32-29-26-24-22-20-18-17-19-21-23-25-28-30-33-36-40-44-48-52-56-64(73)70-61(62(72)55-51-47-43-39-12-10-8-6-4-2)60-79-69-68(77)67(76)66(75)63(59-71)80-69/h4,6,11-13,15-17,19,39,51,55,61-63,66-69,71-72,75-77H,3,5,7-10,14,18,20-38,40-50,52-54,56-60H2,1-2H3,(H,70,73)/b6-4+,13-11-,16-15-,19-17-,39-12+,55-51+. The van der Waals surface area contributed by atoms with E-state index in [-0.39, 0.29) is 18.5 Å². The van der Waals surface area contributed by atoms with Crippen molar-refractivity contribution in [1.29, 1.82) is 0 Å². The summed E-state index contributed by atoms with van der Waals surface area (Å²) < 4.78 is 16.7. The predicted octanol–water partition coefficient (Wildman–Crippen LogP) is 16.3. The van der Waals surface area contributed by atoms with Crippen LogP contribution in [0.2, 0.25) is 0 Å². The molecular formula is C69H123NO10. The van der Waals surface area contributed by atoms with Crippen molar-refractivity contribution in [3.8, 4) is 0 Å². The molecule has 7 unspecified atom stereocenters. The first-order chi connectivity index (χ1) is 39.2. The van der Waals surface area contributed by atoms with Gasteiger partial charge in [-0.25, -0.2) is 0 Å². The summed E-state index contributed by atoms with van der Waals surface area (Å²) in [6.07, 6.45) is 67.7. The van der Waals surface area contributed by atoms with Crippen molar-refractivity contribution in [3.63, 3.8) is 0 Å². The minimum atomic E-state index is -1.58. The van der Waals surface area contributed by atoms with Gasteiger partial charge in [0.2, 0.25) is 5.91 Å². The second-order valence-electron chi connectivity index (χ2n) is 22.8. The molecule has 11 nitrogen and oxygen atoms in total. The van der Waals surface area contributed by atoms with Crippen molar-refractivity contribution in [2.75, 3.05) is 19.8 Å². The van der Waals surface area contributed by atoms with E-state index in [9.17, 15) is 35.1 Å². The van der Waals surface area contributed by atoms with E-state index in [2.05, 4.69) is 66.9 Å². The third-order valence-corrected chi connectivity index (χ3v) is 15.3. The zero-order chi connectivity index (χ0) is 58.0. The van der Waals surface area contributed by atoms with Gasteiger partial charge in [0, 0.05) is 12.8 Å². The molecular weight excluding hydrogens is 1000 g/mol. The average molecular weight is 1130 g/mol. The molecule has 0 bridgehead atoms. The number of hydrogen-bond acceptors (Lipinski definition) is 10. The molecule has 0 spiro atoms. The minimum Gasteiger partial charge on any atom is -0.466 e. The predicted molar refractivity (Wildman–Crippen MR) is 333 cm³/mol. The number of rotatable bonds is 57. The third kappa shape index (κ3) is 46.6. The SMILES string of the molecule is C/C=C/CC/C=C/CC/C=C/C(O)C(COC1OC(CO)C(O)C(O)C1O)NC(=O)CCCCCCCCCCCC/C=C\CCCCCCCCCCCCCCOC(=O)CCCCCCCCC/C=C\C/C=C\CCCCC. The van der Waals surface area contributed by atoms with E-state index in [4.69, 9.17) is 14.2 Å². The largest absolute Gasteiger partial charge is 0.466 e. The van der Waals surface area contributed by atoms with E-state index < -0.39 is 49.5 Å². The Kier molecular flexibility index (Phi) is 54.4. The van der Waals surface area contributed by atoms with Gasteiger partial charge in [0.1, 0.15) is 24.4 Å². The monoisotopic (exact) mass is 1130 g/mol. The van der Waals surface area contributed by atoms with Crippen molar-refractivity contribution >= 4 is 11.9 Å². The summed E-state index contributed by atoms with van der Waals surface area (Å²) >= 11 is 0. The molecule has 1 aliphatic heterocycles. The highest BCUT2D eigenvalue weighted by atomic mass is 16.7. The van der Waals surface area contributed by atoms with Gasteiger partial charge in [-0.05, 0) is 110 Å². The lowest BCUT2D eigenvalue weighted by atomic mass is 9.99. The Balaban J connectivity index is 1.95. The van der Waals surface area contributed by atoms with Gasteiger partial charge in [-0.1, -0.05) is 240 Å². The van der Waals surface area contributed by atoms with Gasteiger partial charge < -0.3 is 45.1 Å². The first-order valence-electron chi connectivity index (χ1n) is 33.2. The Labute approximate surface area is 490 Å². The highest BCUT2D eigenvalue weighted by Crippen LogP contribution is 2.23. The van der Waals surface area contributed by atoms with E-state index in [1.54, 1.807) is 6.08 Å². The average Bonchev–Trinajstić information content (AvgIpc) is 3.46. The van der Waals surface area contributed by atoms with Crippen molar-refractivity contribution in [2.24, 2.45) is 0 Å². The van der Waals surface area contributed by atoms with Crippen LogP contribution in [-0.2, 0) is 23.8 Å². The molecule has 80 heavy (non-hydrogen) atoms. The van der Waals surface area contributed by atoms with Gasteiger partial charge in [0.15, 0.2) is 6.29 Å². The number of esters is 1. The summed E-state index contributed by atoms with van der Waals surface area (Å²) in [5.41, 5.74) is 0. The van der Waals surface area contributed by atoms with E-state index in [1.807, 2.05) is 19.1 Å². The smallest absolute Gasteiger partial charge is 0.305 e. The summed E-state index contributed by atoms with van der Waals surface area (Å²) in [5.74, 6) is -0.207. The molecule has 1 amide bonds. The topological polar surface area (TPSA) is 175 Å². The van der Waals surface area contributed by atoms with Crippen LogP contribution in [0.15, 0.2) is 72.9 Å². The first-order valence-corrected chi connectivity index (χ1v) is 33.2. The summed E-state index contributed by atoms with van der Waals surface area (Å²) in [7, 11) is 0. The molecule has 0 aromatic heterocycles. The molecule has 1 rings (SSSR count). The molecule has 11 heteroatoms. The van der Waals surface area contributed by atoms with Gasteiger partial charge in [0.25, 0.3) is 0 Å². The zero-order valence-electron chi connectivity index (χ0n) is 51.3. The Bertz CT molecular complexity index is 1560. The van der Waals surface area contributed by atoms with E-state index >= 15 is 0 Å². The number of aliphatic hydroxyl groups excluding tert-OH is 5. The Morgan fingerprint density at radius 3 is 1.39 bits per heavy atom. The molecule has 1 fully saturated rings. The maximum Gasteiger partial charge on any atom is 0.305 e. The molecule has 464 valence electrons. The Hall–Kier alpha value is -2.90. The Morgan fingerprint density at radius 2 is 0.900 bits per heavy atom. The Morgan fingerprint density at radius 1 is 0.487 bits per heavy atom. The number of allylic oxidation sites excluding steroid dienone is 11. The highest BCUT2D eigenvalue weighted by molar-refractivity contribution is 5.76. The number of nitrogens with one attached hydrogen (secondary N) is 1. The fourth-order valence-corrected chi connectivity index (χ4v) is 10.1. The van der Waals surface area contributed by atoms with Crippen LogP contribution in [0.1, 0.15) is 290 Å². The molecule has 6 N–H and O–H groups in total. The zero-order valence-corrected chi connectivity index (χ0v) is 51.3. The first kappa shape index (κ1) is 75.1. The van der Waals surface area contributed by atoms with Crippen LogP contribution in [0.25, 0.3) is 0 Å². The van der Waals surface area contributed by atoms with Crippen LogP contribution >= 0.6 is 0 Å². The summed E-state index contributed by atoms with van der Waals surface area (Å²) in [4.78, 5) is 25.1. The lowest BCUT2D eigenvalue weighted by molar-refractivity contribution is -0.302. The van der Waals surface area contributed by atoms with Crippen molar-refractivity contribution < 1.29 is 49.3 Å². The van der Waals surface area contributed by atoms with Gasteiger partial charge >= 0.3 is 5.97 Å². The van der Waals surface area contributed by atoms with Crippen molar-refractivity contribution in [3.05, 3.63) is 72.9 Å². The van der Waals surface area contributed by atoms with Crippen LogP contribution in [0, 0.1) is 0 Å². The van der Waals surface area contributed by atoms with Gasteiger partial charge in [-0.2, -0.15) is 0 Å². The van der Waals surface area contributed by atoms with Crippen LogP contribution < -0.4 is 5.32 Å². The molecule has 0 radical (unpaired) electrons. The number of amides is 1. The van der Waals surface area contributed by atoms with Gasteiger partial charge in [0.05, 0.1) is 32.0 Å². The van der Waals surface area contributed by atoms with Gasteiger partial charge in [-0.15, -0.1) is 0 Å². The quantitative estimate of drug-likeness (QED) is 0.0195. The summed E-state index contributed by atoms with van der Waals surface area (Å²) in [6.45, 7) is 4.06. The van der Waals surface area contributed by atoms with E-state index in [0.29, 0.717) is 19.4 Å². The normalized spacial score (nSPS) is 18.8. The molecule has 0 aliphatic carbocycles. The lowest BCUT2D eigenvalue weighted by Gasteiger charge is -2.40. The molecule has 7 atom stereocenters. The van der Waals surface area contributed by atoms with Crippen LogP contribution in [0.5, 0.6) is 0 Å². The molecule has 1 saturated heterocycles. The summed E-state index contributed by atoms with van der Waals surface area (Å²) in [6, 6.07) is -0.836. The van der Waals surface area contributed by atoms with Crippen molar-refractivity contribution in [1.82, 2.24) is 5.32 Å². The lowest BCUT2D eigenvalue weighted by Crippen LogP contribution is -2.60. The second kappa shape index (κ2) is 57.9. The maximum absolute atomic E-state index is 13.0. The number of ether oxygens (including phenoxy) is 3. The van der Waals surface area contributed by atoms with Crippen LogP contribution in [-0.4, -0.2) is 100 Å². The summed E-state index contributed by atoms with van der Waals surface area (Å²) in [5, 5.41) is 54.2. The number of hydrogen-bond donors (Lipinski definition) is 6. The fraction of sp³-hybridized carbons (Fsp3) is 0.797. The second-order valence-corrected chi connectivity index (χ2v) is 22.8. The number of carbonyl (C=O) groups is 2. The molecule has 0 aromatic rings. The molecule has 0 aromatic carbocycles. The van der Waals surface area contributed by atoms with E-state index in [0.717, 1.165) is 77.0 Å². The van der Waals surface area contributed by atoms with Crippen LogP contribution in [0.3, 0.4) is 0 Å². The maximum atomic E-state index is 13.0. The van der Waals surface area contributed by atoms with Crippen LogP contribution in [0.4, 0.5) is 0 Å². The highest BCUT2D eigenvalue weighted by Gasteiger charge is 2.44. The van der Waals surface area contributed by atoms with Gasteiger partial charge in [-0.3, -0.25) is 9.59 Å².